The minimum Gasteiger partial charge on any atom is -0.467 e. The summed E-state index contributed by atoms with van der Waals surface area (Å²) in [4.78, 5) is 22.7. The lowest BCUT2D eigenvalue weighted by atomic mass is 9.80. The highest BCUT2D eigenvalue weighted by Crippen LogP contribution is 2.29. The zero-order valence-electron chi connectivity index (χ0n) is 9.08. The molecular weight excluding hydrogens is 198 g/mol. The van der Waals surface area contributed by atoms with E-state index in [9.17, 15) is 14.7 Å². The van der Waals surface area contributed by atoms with E-state index in [1.54, 1.807) is 0 Å². The lowest BCUT2D eigenvalue weighted by Gasteiger charge is -2.36. The van der Waals surface area contributed by atoms with Crippen LogP contribution in [-0.4, -0.2) is 35.7 Å². The van der Waals surface area contributed by atoms with Crippen molar-refractivity contribution in [3.8, 4) is 0 Å². The zero-order chi connectivity index (χ0) is 11.5. The summed E-state index contributed by atoms with van der Waals surface area (Å²) in [5, 5.41) is 12.0. The SMILES string of the molecule is COC(=O)[C@]1(NC(C)=O)CC[C@@H](O)CC1. The van der Waals surface area contributed by atoms with Crippen LogP contribution in [0.5, 0.6) is 0 Å². The minimum atomic E-state index is -0.931. The number of rotatable bonds is 2. The fraction of sp³-hybridized carbons (Fsp3) is 0.800. The van der Waals surface area contributed by atoms with E-state index in [0.29, 0.717) is 25.7 Å². The molecule has 0 unspecified atom stereocenters. The van der Waals surface area contributed by atoms with Gasteiger partial charge in [0.1, 0.15) is 5.54 Å². The molecule has 0 heterocycles. The van der Waals surface area contributed by atoms with Gasteiger partial charge in [0.25, 0.3) is 0 Å². The summed E-state index contributed by atoms with van der Waals surface area (Å²) in [5.41, 5.74) is -0.931. The highest BCUT2D eigenvalue weighted by Gasteiger charge is 2.43. The van der Waals surface area contributed by atoms with Gasteiger partial charge < -0.3 is 15.2 Å². The molecule has 0 radical (unpaired) electrons. The molecule has 1 rings (SSSR count). The van der Waals surface area contributed by atoms with Crippen LogP contribution in [0.1, 0.15) is 32.6 Å². The molecule has 5 nitrogen and oxygen atoms in total. The number of aliphatic hydroxyl groups excluding tert-OH is 1. The van der Waals surface area contributed by atoms with E-state index in [2.05, 4.69) is 5.32 Å². The summed E-state index contributed by atoms with van der Waals surface area (Å²) >= 11 is 0. The molecule has 1 aliphatic rings. The maximum absolute atomic E-state index is 11.6. The fourth-order valence-electron chi connectivity index (χ4n) is 2.01. The standard InChI is InChI=1S/C10H17NO4/c1-7(12)11-10(9(14)15-2)5-3-8(13)4-6-10/h8,13H,3-6H2,1-2H3,(H,11,12)/t8-,10+. The summed E-state index contributed by atoms with van der Waals surface area (Å²) in [5.74, 6) is -0.679. The number of carbonyl (C=O) groups is 2. The van der Waals surface area contributed by atoms with Gasteiger partial charge in [-0.25, -0.2) is 4.79 Å². The lowest BCUT2D eigenvalue weighted by molar-refractivity contribution is -0.153. The quantitative estimate of drug-likeness (QED) is 0.634. The Balaban J connectivity index is 2.77. The van der Waals surface area contributed by atoms with Crippen LogP contribution in [0.2, 0.25) is 0 Å². The normalized spacial score (nSPS) is 30.7. The Labute approximate surface area is 88.8 Å². The van der Waals surface area contributed by atoms with Gasteiger partial charge in [-0.1, -0.05) is 0 Å². The van der Waals surface area contributed by atoms with Gasteiger partial charge in [0.2, 0.25) is 5.91 Å². The number of amides is 1. The molecule has 0 spiro atoms. The number of aliphatic hydroxyl groups is 1. The second-order valence-electron chi connectivity index (χ2n) is 3.99. The number of hydrogen-bond acceptors (Lipinski definition) is 4. The largest absolute Gasteiger partial charge is 0.467 e. The number of ether oxygens (including phenoxy) is 1. The van der Waals surface area contributed by atoms with Gasteiger partial charge in [-0.3, -0.25) is 4.79 Å². The summed E-state index contributed by atoms with van der Waals surface area (Å²) in [6, 6.07) is 0. The van der Waals surface area contributed by atoms with Crippen LogP contribution >= 0.6 is 0 Å². The van der Waals surface area contributed by atoms with Crippen molar-refractivity contribution in [2.45, 2.75) is 44.2 Å². The predicted octanol–water partition coefficient (Wildman–Crippen LogP) is -0.0308. The Kier molecular flexibility index (Phi) is 3.68. The van der Waals surface area contributed by atoms with E-state index in [1.807, 2.05) is 0 Å². The van der Waals surface area contributed by atoms with Crippen molar-refractivity contribution in [2.24, 2.45) is 0 Å². The molecule has 0 aromatic rings. The molecule has 5 heteroatoms. The maximum atomic E-state index is 11.6. The second-order valence-corrected chi connectivity index (χ2v) is 3.99. The molecular formula is C10H17NO4. The van der Waals surface area contributed by atoms with Crippen LogP contribution in [0.3, 0.4) is 0 Å². The molecule has 2 N–H and O–H groups in total. The Hall–Kier alpha value is -1.10. The number of nitrogens with one attached hydrogen (secondary N) is 1. The smallest absolute Gasteiger partial charge is 0.331 e. The van der Waals surface area contributed by atoms with Crippen molar-refractivity contribution < 1.29 is 19.4 Å². The molecule has 1 amide bonds. The molecule has 0 bridgehead atoms. The highest BCUT2D eigenvalue weighted by molar-refractivity contribution is 5.87. The van der Waals surface area contributed by atoms with Gasteiger partial charge >= 0.3 is 5.97 Å². The monoisotopic (exact) mass is 215 g/mol. The Morgan fingerprint density at radius 3 is 2.33 bits per heavy atom. The van der Waals surface area contributed by atoms with Crippen molar-refractivity contribution in [2.75, 3.05) is 7.11 Å². The van der Waals surface area contributed by atoms with Crippen molar-refractivity contribution in [1.29, 1.82) is 0 Å². The molecule has 0 saturated heterocycles. The molecule has 86 valence electrons. The Morgan fingerprint density at radius 1 is 1.40 bits per heavy atom. The van der Waals surface area contributed by atoms with Crippen LogP contribution < -0.4 is 5.32 Å². The molecule has 1 aliphatic carbocycles. The van der Waals surface area contributed by atoms with Gasteiger partial charge in [0.05, 0.1) is 13.2 Å². The summed E-state index contributed by atoms with van der Waals surface area (Å²) < 4.78 is 4.69. The van der Waals surface area contributed by atoms with E-state index in [1.165, 1.54) is 14.0 Å². The zero-order valence-corrected chi connectivity index (χ0v) is 9.08. The van der Waals surface area contributed by atoms with Crippen molar-refractivity contribution in [1.82, 2.24) is 5.32 Å². The third kappa shape index (κ3) is 2.68. The molecule has 1 saturated carbocycles. The third-order valence-electron chi connectivity index (χ3n) is 2.80. The van der Waals surface area contributed by atoms with Crippen LogP contribution in [0.4, 0.5) is 0 Å². The van der Waals surface area contributed by atoms with Gasteiger partial charge in [-0.15, -0.1) is 0 Å². The maximum Gasteiger partial charge on any atom is 0.331 e. The van der Waals surface area contributed by atoms with E-state index in [4.69, 9.17) is 4.74 Å². The number of carbonyl (C=O) groups excluding carboxylic acids is 2. The van der Waals surface area contributed by atoms with Gasteiger partial charge in [0.15, 0.2) is 0 Å². The van der Waals surface area contributed by atoms with Crippen LogP contribution in [0.25, 0.3) is 0 Å². The third-order valence-corrected chi connectivity index (χ3v) is 2.80. The van der Waals surface area contributed by atoms with Crippen LogP contribution in [0.15, 0.2) is 0 Å². The van der Waals surface area contributed by atoms with Gasteiger partial charge in [0, 0.05) is 6.92 Å². The summed E-state index contributed by atoms with van der Waals surface area (Å²) in [7, 11) is 1.30. The van der Waals surface area contributed by atoms with Crippen molar-refractivity contribution >= 4 is 11.9 Å². The van der Waals surface area contributed by atoms with E-state index in [0.717, 1.165) is 0 Å². The second kappa shape index (κ2) is 4.61. The molecule has 0 aromatic heterocycles. The predicted molar refractivity (Wildman–Crippen MR) is 53.0 cm³/mol. The topological polar surface area (TPSA) is 75.6 Å². The average Bonchev–Trinajstić information content (AvgIpc) is 2.20. The van der Waals surface area contributed by atoms with Crippen LogP contribution in [-0.2, 0) is 14.3 Å². The number of methoxy groups -OCH3 is 1. The van der Waals surface area contributed by atoms with E-state index >= 15 is 0 Å². The van der Waals surface area contributed by atoms with Gasteiger partial charge in [-0.05, 0) is 25.7 Å². The first-order valence-electron chi connectivity index (χ1n) is 5.05. The molecule has 0 atom stereocenters. The first-order valence-corrected chi connectivity index (χ1v) is 5.05. The van der Waals surface area contributed by atoms with E-state index in [-0.39, 0.29) is 12.0 Å². The average molecular weight is 215 g/mol. The molecule has 0 aliphatic heterocycles. The van der Waals surface area contributed by atoms with Crippen LogP contribution in [0, 0.1) is 0 Å². The first-order chi connectivity index (χ1) is 7.00. The van der Waals surface area contributed by atoms with Crippen molar-refractivity contribution in [3.05, 3.63) is 0 Å². The van der Waals surface area contributed by atoms with Crippen molar-refractivity contribution in [3.63, 3.8) is 0 Å². The highest BCUT2D eigenvalue weighted by atomic mass is 16.5. The molecule has 15 heavy (non-hydrogen) atoms. The summed E-state index contributed by atoms with van der Waals surface area (Å²) in [6.07, 6.45) is 1.50. The minimum absolute atomic E-state index is 0.253. The van der Waals surface area contributed by atoms with Gasteiger partial charge in [-0.2, -0.15) is 0 Å². The number of hydrogen-bond donors (Lipinski definition) is 2. The Bertz CT molecular complexity index is 256. The Morgan fingerprint density at radius 2 is 1.93 bits per heavy atom. The van der Waals surface area contributed by atoms with E-state index < -0.39 is 11.5 Å². The summed E-state index contributed by atoms with van der Waals surface area (Å²) in [6.45, 7) is 1.37. The lowest BCUT2D eigenvalue weighted by Crippen LogP contribution is -2.56. The first kappa shape index (κ1) is 12.0. The fourth-order valence-corrected chi connectivity index (χ4v) is 2.01. The molecule has 1 fully saturated rings. The number of esters is 1. The molecule has 0 aromatic carbocycles.